The zero-order chi connectivity index (χ0) is 24.2. The van der Waals surface area contributed by atoms with E-state index in [1.54, 1.807) is 0 Å². The van der Waals surface area contributed by atoms with E-state index >= 15 is 0 Å². The Bertz CT molecular complexity index is 952. The van der Waals surface area contributed by atoms with Crippen LogP contribution in [0.2, 0.25) is 0 Å². The van der Waals surface area contributed by atoms with E-state index in [2.05, 4.69) is 83.8 Å². The van der Waals surface area contributed by atoms with Crippen molar-refractivity contribution in [3.05, 3.63) is 95.6 Å². The third kappa shape index (κ3) is 6.40. The van der Waals surface area contributed by atoms with Crippen LogP contribution in [0.3, 0.4) is 0 Å². The smallest absolute Gasteiger partial charge is 0.123 e. The van der Waals surface area contributed by atoms with Gasteiger partial charge in [-0.15, -0.1) is 0 Å². The van der Waals surface area contributed by atoms with Gasteiger partial charge in [-0.05, 0) is 55.3 Å². The first-order valence-electron chi connectivity index (χ1n) is 12.5. The summed E-state index contributed by atoms with van der Waals surface area (Å²) in [6.45, 7) is 8.90. The highest BCUT2D eigenvalue weighted by Gasteiger charge is 2.33. The van der Waals surface area contributed by atoms with Crippen molar-refractivity contribution in [1.29, 1.82) is 0 Å². The molecule has 2 aliphatic rings. The van der Waals surface area contributed by atoms with Gasteiger partial charge in [0.1, 0.15) is 18.1 Å². The fraction of sp³-hybridized carbons (Fsp3) is 0.400. The molecule has 0 spiro atoms. The van der Waals surface area contributed by atoms with Crippen LogP contribution in [0.25, 0.3) is 0 Å². The van der Waals surface area contributed by atoms with Gasteiger partial charge in [0.15, 0.2) is 0 Å². The predicted octanol–water partition coefficient (Wildman–Crippen LogP) is 6.10. The number of hydrogen-bond acceptors (Lipinski definition) is 4. The van der Waals surface area contributed by atoms with Crippen molar-refractivity contribution in [1.82, 2.24) is 4.90 Å². The molecule has 0 aliphatic carbocycles. The molecule has 1 saturated heterocycles. The Morgan fingerprint density at radius 2 is 1.47 bits per heavy atom. The third-order valence-electron chi connectivity index (χ3n) is 6.42. The molecule has 0 radical (unpaired) electrons. The number of aliphatic hydroxyl groups is 1. The van der Waals surface area contributed by atoms with Crippen molar-refractivity contribution >= 4 is 0 Å². The van der Waals surface area contributed by atoms with Crippen molar-refractivity contribution in [2.45, 2.75) is 38.5 Å². The molecule has 0 bridgehead atoms. The quantitative estimate of drug-likeness (QED) is 0.481. The van der Waals surface area contributed by atoms with E-state index in [9.17, 15) is 0 Å². The van der Waals surface area contributed by atoms with Gasteiger partial charge < -0.3 is 14.6 Å². The minimum absolute atomic E-state index is 0.274. The molecule has 0 saturated carbocycles. The summed E-state index contributed by atoms with van der Waals surface area (Å²) in [6, 6.07) is 27.9. The largest absolute Gasteiger partial charge is 0.493 e. The fourth-order valence-corrected chi connectivity index (χ4v) is 4.83. The standard InChI is InChI=1S/C27H29NO2.C2H6.CH4O/c1-2-8-21(9-3-1)25-20-30-26-11-5-4-10-24(26)27(25)22-12-14-23(15-13-22)29-19-18-28-16-6-7-17-28;2*1-2/h1-5,8-15,25,27H,6-7,16-20H2;1-2H3;2H,1H3. The Morgan fingerprint density at radius 3 is 2.18 bits per heavy atom. The summed E-state index contributed by atoms with van der Waals surface area (Å²) < 4.78 is 12.2. The van der Waals surface area contributed by atoms with Gasteiger partial charge in [-0.25, -0.2) is 0 Å². The highest BCUT2D eigenvalue weighted by atomic mass is 16.5. The first-order chi connectivity index (χ1) is 16.9. The molecule has 4 nitrogen and oxygen atoms in total. The second-order valence-corrected chi connectivity index (χ2v) is 8.31. The second kappa shape index (κ2) is 13.8. The topological polar surface area (TPSA) is 41.9 Å². The summed E-state index contributed by atoms with van der Waals surface area (Å²) in [6.07, 6.45) is 2.65. The van der Waals surface area contributed by atoms with Crippen molar-refractivity contribution in [3.63, 3.8) is 0 Å². The molecular formula is C30H39NO3. The monoisotopic (exact) mass is 461 g/mol. The summed E-state index contributed by atoms with van der Waals surface area (Å²) in [7, 11) is 1.00. The highest BCUT2D eigenvalue weighted by molar-refractivity contribution is 5.48. The van der Waals surface area contributed by atoms with Crippen LogP contribution in [0.1, 0.15) is 55.2 Å². The number of para-hydroxylation sites is 1. The van der Waals surface area contributed by atoms with Gasteiger partial charge in [0, 0.05) is 31.1 Å². The van der Waals surface area contributed by atoms with Gasteiger partial charge >= 0.3 is 0 Å². The number of nitrogens with zero attached hydrogens (tertiary/aromatic N) is 1. The molecule has 4 heteroatoms. The summed E-state index contributed by atoms with van der Waals surface area (Å²) in [5.41, 5.74) is 3.90. The molecule has 0 aromatic heterocycles. The zero-order valence-electron chi connectivity index (χ0n) is 20.8. The average Bonchev–Trinajstić information content (AvgIpc) is 3.45. The summed E-state index contributed by atoms with van der Waals surface area (Å²) >= 11 is 0. The van der Waals surface area contributed by atoms with Crippen molar-refractivity contribution in [3.8, 4) is 11.5 Å². The van der Waals surface area contributed by atoms with Gasteiger partial charge in [0.25, 0.3) is 0 Å². The maximum Gasteiger partial charge on any atom is 0.123 e. The first kappa shape index (κ1) is 25.8. The van der Waals surface area contributed by atoms with Crippen LogP contribution < -0.4 is 9.47 Å². The molecule has 182 valence electrons. The van der Waals surface area contributed by atoms with E-state index in [1.807, 2.05) is 13.8 Å². The Morgan fingerprint density at radius 1 is 0.824 bits per heavy atom. The van der Waals surface area contributed by atoms with Crippen LogP contribution in [0.15, 0.2) is 78.9 Å². The molecule has 5 rings (SSSR count). The Hall–Kier alpha value is -2.82. The Balaban J connectivity index is 0.000000771. The summed E-state index contributed by atoms with van der Waals surface area (Å²) in [4.78, 5) is 2.48. The average molecular weight is 462 g/mol. The Labute approximate surface area is 205 Å². The van der Waals surface area contributed by atoms with E-state index in [4.69, 9.17) is 14.6 Å². The second-order valence-electron chi connectivity index (χ2n) is 8.31. The molecule has 3 aromatic rings. The third-order valence-corrected chi connectivity index (χ3v) is 6.42. The molecule has 2 atom stereocenters. The minimum atomic E-state index is 0.274. The van der Waals surface area contributed by atoms with Gasteiger partial charge in [-0.2, -0.15) is 0 Å². The highest BCUT2D eigenvalue weighted by Crippen LogP contribution is 2.46. The lowest BCUT2D eigenvalue weighted by Crippen LogP contribution is -2.25. The molecule has 0 amide bonds. The fourth-order valence-electron chi connectivity index (χ4n) is 4.83. The Kier molecular flexibility index (Phi) is 10.5. The van der Waals surface area contributed by atoms with Crippen LogP contribution in [0.4, 0.5) is 0 Å². The van der Waals surface area contributed by atoms with Crippen molar-refractivity contribution in [2.75, 3.05) is 40.0 Å². The van der Waals surface area contributed by atoms with E-state index in [-0.39, 0.29) is 5.92 Å². The van der Waals surface area contributed by atoms with Crippen LogP contribution in [-0.4, -0.2) is 50.0 Å². The number of ether oxygens (including phenoxy) is 2. The molecule has 2 unspecified atom stereocenters. The maximum atomic E-state index is 7.00. The van der Waals surface area contributed by atoms with Crippen LogP contribution in [0.5, 0.6) is 11.5 Å². The van der Waals surface area contributed by atoms with E-state index in [0.29, 0.717) is 12.5 Å². The number of hydrogen-bond donors (Lipinski definition) is 1. The number of aliphatic hydroxyl groups excluding tert-OH is 1. The van der Waals surface area contributed by atoms with E-state index < -0.39 is 0 Å². The normalized spacial score (nSPS) is 18.9. The molecule has 3 aromatic carbocycles. The minimum Gasteiger partial charge on any atom is -0.493 e. The van der Waals surface area contributed by atoms with Gasteiger partial charge in [0.05, 0.1) is 6.61 Å². The lowest BCUT2D eigenvalue weighted by atomic mass is 9.76. The van der Waals surface area contributed by atoms with Gasteiger partial charge in [-0.3, -0.25) is 4.90 Å². The number of rotatable bonds is 6. The number of likely N-dealkylation sites (tertiary alicyclic amines) is 1. The predicted molar refractivity (Wildman–Crippen MR) is 140 cm³/mol. The van der Waals surface area contributed by atoms with Crippen molar-refractivity contribution in [2.24, 2.45) is 0 Å². The molecule has 2 aliphatic heterocycles. The van der Waals surface area contributed by atoms with E-state index in [1.165, 1.54) is 42.6 Å². The lowest BCUT2D eigenvalue weighted by molar-refractivity contribution is 0.237. The molecule has 2 heterocycles. The van der Waals surface area contributed by atoms with E-state index in [0.717, 1.165) is 31.8 Å². The van der Waals surface area contributed by atoms with Crippen molar-refractivity contribution < 1.29 is 14.6 Å². The van der Waals surface area contributed by atoms with Crippen LogP contribution in [-0.2, 0) is 0 Å². The molecular weight excluding hydrogens is 422 g/mol. The maximum absolute atomic E-state index is 7.00. The number of benzene rings is 3. The molecule has 1 fully saturated rings. The van der Waals surface area contributed by atoms with Crippen LogP contribution in [0, 0.1) is 0 Å². The summed E-state index contributed by atoms with van der Waals surface area (Å²) in [5, 5.41) is 7.00. The molecule has 34 heavy (non-hydrogen) atoms. The summed E-state index contributed by atoms with van der Waals surface area (Å²) in [5.74, 6) is 2.52. The molecule has 1 N–H and O–H groups in total. The van der Waals surface area contributed by atoms with Gasteiger partial charge in [-0.1, -0.05) is 74.5 Å². The van der Waals surface area contributed by atoms with Crippen LogP contribution >= 0.6 is 0 Å². The SMILES string of the molecule is CC.CO.c1ccc(C2COc3ccccc3C2c2ccc(OCCN3CCCC3)cc2)cc1. The number of fused-ring (bicyclic) bond motifs is 1. The first-order valence-corrected chi connectivity index (χ1v) is 12.5. The lowest BCUT2D eigenvalue weighted by Gasteiger charge is -2.34. The zero-order valence-corrected chi connectivity index (χ0v) is 20.8. The van der Waals surface area contributed by atoms with Gasteiger partial charge in [0.2, 0.25) is 0 Å².